The molecule has 0 spiro atoms. The first-order chi connectivity index (χ1) is 8.03. The zero-order valence-electron chi connectivity index (χ0n) is 9.96. The topological polar surface area (TPSA) is 108 Å². The normalized spacial score (nSPS) is 23.8. The first-order valence-electron chi connectivity index (χ1n) is 5.76. The second kappa shape index (κ2) is 6.18. The van der Waals surface area contributed by atoms with Gasteiger partial charge in [0.1, 0.15) is 0 Å². The van der Waals surface area contributed by atoms with Crippen LogP contribution in [0, 0.1) is 0 Å². The molecule has 0 aromatic heterocycles. The van der Waals surface area contributed by atoms with E-state index >= 15 is 0 Å². The van der Waals surface area contributed by atoms with Crippen LogP contribution in [-0.2, 0) is 10.2 Å². The molecule has 1 heterocycles. The number of piperidine rings is 1. The van der Waals surface area contributed by atoms with Crippen molar-refractivity contribution in [2.24, 2.45) is 10.9 Å². The van der Waals surface area contributed by atoms with E-state index in [9.17, 15) is 8.42 Å². The second-order valence-electron chi connectivity index (χ2n) is 4.05. The molecule has 0 saturated carbocycles. The first kappa shape index (κ1) is 14.2. The van der Waals surface area contributed by atoms with Crippen LogP contribution in [0.25, 0.3) is 0 Å². The molecule has 1 atom stereocenters. The van der Waals surface area contributed by atoms with Gasteiger partial charge in [-0.05, 0) is 19.3 Å². The molecule has 7 nitrogen and oxygen atoms in total. The number of hydrogen-bond donors (Lipinski definition) is 3. The Morgan fingerprint density at radius 3 is 2.88 bits per heavy atom. The Balaban J connectivity index is 2.84. The SMILES string of the molecule is CCCNS(=O)(=O)N1CCCCC1C(N)=NO. The van der Waals surface area contributed by atoms with E-state index in [1.807, 2.05) is 6.92 Å². The molecule has 100 valence electrons. The summed E-state index contributed by atoms with van der Waals surface area (Å²) in [5.41, 5.74) is 5.53. The van der Waals surface area contributed by atoms with Crippen LogP contribution in [0.15, 0.2) is 5.16 Å². The summed E-state index contributed by atoms with van der Waals surface area (Å²) < 4.78 is 27.8. The lowest BCUT2D eigenvalue weighted by atomic mass is 10.0. The van der Waals surface area contributed by atoms with Crippen molar-refractivity contribution in [3.63, 3.8) is 0 Å². The highest BCUT2D eigenvalue weighted by molar-refractivity contribution is 7.87. The minimum Gasteiger partial charge on any atom is -0.409 e. The molecule has 0 amide bonds. The molecule has 1 aliphatic rings. The Labute approximate surface area is 102 Å². The van der Waals surface area contributed by atoms with Gasteiger partial charge in [0.05, 0.1) is 6.04 Å². The monoisotopic (exact) mass is 264 g/mol. The van der Waals surface area contributed by atoms with E-state index in [-0.39, 0.29) is 5.84 Å². The molecular weight excluding hydrogens is 244 g/mol. The van der Waals surface area contributed by atoms with Crippen molar-refractivity contribution in [3.05, 3.63) is 0 Å². The van der Waals surface area contributed by atoms with Crippen LogP contribution in [0.3, 0.4) is 0 Å². The maximum absolute atomic E-state index is 12.0. The van der Waals surface area contributed by atoms with Crippen molar-refractivity contribution >= 4 is 16.0 Å². The Kier molecular flexibility index (Phi) is 5.16. The predicted octanol–water partition coefficient (Wildman–Crippen LogP) is -0.168. The lowest BCUT2D eigenvalue weighted by molar-refractivity contribution is 0.279. The van der Waals surface area contributed by atoms with Crippen LogP contribution in [0.4, 0.5) is 0 Å². The van der Waals surface area contributed by atoms with Crippen molar-refractivity contribution in [3.8, 4) is 0 Å². The minimum absolute atomic E-state index is 0.0495. The molecule has 1 saturated heterocycles. The molecular formula is C9H20N4O3S. The molecule has 0 aromatic carbocycles. The predicted molar refractivity (Wildman–Crippen MR) is 65.0 cm³/mol. The van der Waals surface area contributed by atoms with Crippen molar-refractivity contribution in [1.29, 1.82) is 0 Å². The summed E-state index contributed by atoms with van der Waals surface area (Å²) in [6, 6.07) is -0.539. The van der Waals surface area contributed by atoms with E-state index in [4.69, 9.17) is 10.9 Å². The summed E-state index contributed by atoms with van der Waals surface area (Å²) >= 11 is 0. The molecule has 1 rings (SSSR count). The number of nitrogens with one attached hydrogen (secondary N) is 1. The fourth-order valence-electron chi connectivity index (χ4n) is 1.87. The molecule has 8 heteroatoms. The van der Waals surface area contributed by atoms with Crippen molar-refractivity contribution in [2.45, 2.75) is 38.6 Å². The highest BCUT2D eigenvalue weighted by Crippen LogP contribution is 2.19. The molecule has 17 heavy (non-hydrogen) atoms. The van der Waals surface area contributed by atoms with E-state index in [2.05, 4.69) is 9.88 Å². The highest BCUT2D eigenvalue weighted by Gasteiger charge is 2.34. The summed E-state index contributed by atoms with van der Waals surface area (Å²) in [5.74, 6) is -0.0495. The fourth-order valence-corrected chi connectivity index (χ4v) is 3.41. The summed E-state index contributed by atoms with van der Waals surface area (Å²) in [7, 11) is -3.54. The lowest BCUT2D eigenvalue weighted by Crippen LogP contribution is -2.54. The van der Waals surface area contributed by atoms with Gasteiger partial charge in [-0.15, -0.1) is 0 Å². The van der Waals surface area contributed by atoms with Crippen LogP contribution in [0.2, 0.25) is 0 Å². The fraction of sp³-hybridized carbons (Fsp3) is 0.889. The Morgan fingerprint density at radius 2 is 2.29 bits per heavy atom. The van der Waals surface area contributed by atoms with Gasteiger partial charge in [-0.2, -0.15) is 12.7 Å². The van der Waals surface area contributed by atoms with Crippen LogP contribution >= 0.6 is 0 Å². The van der Waals surface area contributed by atoms with Gasteiger partial charge in [0.2, 0.25) is 0 Å². The average molecular weight is 264 g/mol. The van der Waals surface area contributed by atoms with Crippen molar-refractivity contribution in [2.75, 3.05) is 13.1 Å². The molecule has 0 aromatic rings. The molecule has 1 aliphatic heterocycles. The highest BCUT2D eigenvalue weighted by atomic mass is 32.2. The van der Waals surface area contributed by atoms with Gasteiger partial charge in [0, 0.05) is 13.1 Å². The van der Waals surface area contributed by atoms with Crippen LogP contribution < -0.4 is 10.5 Å². The van der Waals surface area contributed by atoms with Gasteiger partial charge < -0.3 is 10.9 Å². The van der Waals surface area contributed by atoms with E-state index in [1.165, 1.54) is 4.31 Å². The Morgan fingerprint density at radius 1 is 1.59 bits per heavy atom. The van der Waals surface area contributed by atoms with E-state index in [0.29, 0.717) is 19.5 Å². The largest absolute Gasteiger partial charge is 0.409 e. The summed E-state index contributed by atoms with van der Waals surface area (Å²) in [6.45, 7) is 2.68. The lowest BCUT2D eigenvalue weighted by Gasteiger charge is -2.33. The van der Waals surface area contributed by atoms with Crippen molar-refractivity contribution < 1.29 is 13.6 Å². The van der Waals surface area contributed by atoms with E-state index in [1.54, 1.807) is 0 Å². The maximum Gasteiger partial charge on any atom is 0.280 e. The smallest absolute Gasteiger partial charge is 0.280 e. The number of oxime groups is 1. The zero-order valence-corrected chi connectivity index (χ0v) is 10.8. The average Bonchev–Trinajstić information content (AvgIpc) is 2.35. The Hall–Kier alpha value is -0.860. The zero-order chi connectivity index (χ0) is 12.9. The van der Waals surface area contributed by atoms with Crippen LogP contribution in [-0.4, -0.2) is 42.9 Å². The van der Waals surface area contributed by atoms with E-state index < -0.39 is 16.3 Å². The van der Waals surface area contributed by atoms with Crippen LogP contribution in [0.1, 0.15) is 32.6 Å². The van der Waals surface area contributed by atoms with Crippen LogP contribution in [0.5, 0.6) is 0 Å². The third-order valence-corrected chi connectivity index (χ3v) is 4.38. The van der Waals surface area contributed by atoms with Gasteiger partial charge in [-0.3, -0.25) is 0 Å². The second-order valence-corrected chi connectivity index (χ2v) is 5.75. The van der Waals surface area contributed by atoms with E-state index in [0.717, 1.165) is 19.3 Å². The van der Waals surface area contributed by atoms with Gasteiger partial charge in [0.15, 0.2) is 5.84 Å². The molecule has 1 unspecified atom stereocenters. The summed E-state index contributed by atoms with van der Waals surface area (Å²) in [4.78, 5) is 0. The van der Waals surface area contributed by atoms with Gasteiger partial charge in [-0.25, -0.2) is 4.72 Å². The number of nitrogens with zero attached hydrogens (tertiary/aromatic N) is 2. The first-order valence-corrected chi connectivity index (χ1v) is 7.20. The maximum atomic E-state index is 12.0. The molecule has 0 aliphatic carbocycles. The number of rotatable bonds is 5. The molecule has 0 radical (unpaired) electrons. The quantitative estimate of drug-likeness (QED) is 0.277. The van der Waals surface area contributed by atoms with Gasteiger partial charge in [0.25, 0.3) is 10.2 Å². The molecule has 0 bridgehead atoms. The molecule has 4 N–H and O–H groups in total. The Bertz CT molecular complexity index is 368. The van der Waals surface area contributed by atoms with Gasteiger partial charge >= 0.3 is 0 Å². The number of amidine groups is 1. The number of nitrogens with two attached hydrogens (primary N) is 1. The summed E-state index contributed by atoms with van der Waals surface area (Å²) in [5, 5.41) is 11.6. The standard InChI is InChI=1S/C9H20N4O3S/c1-2-6-11-17(15,16)13-7-4-3-5-8(13)9(10)12-14/h8,11,14H,2-7H2,1H3,(H2,10,12). The third-order valence-electron chi connectivity index (χ3n) is 2.75. The van der Waals surface area contributed by atoms with Crippen molar-refractivity contribution in [1.82, 2.24) is 9.03 Å². The van der Waals surface area contributed by atoms with Gasteiger partial charge in [-0.1, -0.05) is 18.5 Å². The minimum atomic E-state index is -3.54. The molecule has 1 fully saturated rings. The summed E-state index contributed by atoms with van der Waals surface area (Å²) in [6.07, 6.45) is 2.98. The third kappa shape index (κ3) is 3.55. The number of hydrogen-bond acceptors (Lipinski definition) is 4.